The van der Waals surface area contributed by atoms with Gasteiger partial charge in [0.1, 0.15) is 28.2 Å². The minimum atomic E-state index is -0.636. The summed E-state index contributed by atoms with van der Waals surface area (Å²) >= 11 is 6.33. The summed E-state index contributed by atoms with van der Waals surface area (Å²) in [5, 5.41) is 14.6. The Kier molecular flexibility index (Phi) is 5.50. The Morgan fingerprint density at radius 3 is 2.62 bits per heavy atom. The van der Waals surface area contributed by atoms with Crippen molar-refractivity contribution in [1.82, 2.24) is 5.32 Å². The van der Waals surface area contributed by atoms with E-state index in [1.54, 1.807) is 25.3 Å². The summed E-state index contributed by atoms with van der Waals surface area (Å²) in [6.45, 7) is 1.20. The smallest absolute Gasteiger partial charge is 0.197 e. The van der Waals surface area contributed by atoms with Crippen LogP contribution in [0.5, 0.6) is 11.5 Å². The molecule has 152 valence electrons. The van der Waals surface area contributed by atoms with Crippen LogP contribution in [-0.2, 0) is 0 Å². The van der Waals surface area contributed by atoms with Gasteiger partial charge in [-0.15, -0.1) is 0 Å². The van der Waals surface area contributed by atoms with Crippen molar-refractivity contribution in [2.75, 3.05) is 27.3 Å². The van der Waals surface area contributed by atoms with Crippen molar-refractivity contribution in [3.05, 3.63) is 57.2 Å². The van der Waals surface area contributed by atoms with Gasteiger partial charge in [0.2, 0.25) is 0 Å². The fraction of sp³-hybridized carbons (Fsp3) is 0.318. The number of ether oxygens (including phenoxy) is 2. The molecule has 0 aliphatic carbocycles. The number of halogens is 1. The van der Waals surface area contributed by atoms with Gasteiger partial charge in [-0.1, -0.05) is 23.7 Å². The van der Waals surface area contributed by atoms with Crippen LogP contribution in [0.4, 0.5) is 0 Å². The Hall–Kier alpha value is -2.54. The highest BCUT2D eigenvalue weighted by Crippen LogP contribution is 2.43. The molecule has 0 bridgehead atoms. The summed E-state index contributed by atoms with van der Waals surface area (Å²) in [5.74, 6) is 0.987. The fourth-order valence-electron chi connectivity index (χ4n) is 3.95. The molecule has 29 heavy (non-hydrogen) atoms. The second kappa shape index (κ2) is 8.06. The summed E-state index contributed by atoms with van der Waals surface area (Å²) in [7, 11) is 3.04. The second-order valence-electron chi connectivity index (χ2n) is 7.02. The molecule has 1 fully saturated rings. The maximum atomic E-state index is 13.1. The molecule has 0 saturated carbocycles. The highest BCUT2D eigenvalue weighted by Gasteiger charge is 2.32. The van der Waals surface area contributed by atoms with Gasteiger partial charge in [0.15, 0.2) is 5.43 Å². The van der Waals surface area contributed by atoms with Crippen molar-refractivity contribution in [1.29, 1.82) is 0 Å². The molecule has 1 aliphatic heterocycles. The van der Waals surface area contributed by atoms with Gasteiger partial charge in [0, 0.05) is 35.7 Å². The number of benzene rings is 2. The Morgan fingerprint density at radius 2 is 1.93 bits per heavy atom. The first-order chi connectivity index (χ1) is 14.0. The molecule has 1 aliphatic rings. The first kappa shape index (κ1) is 19.8. The Labute approximate surface area is 173 Å². The number of methoxy groups -OCH3 is 2. The minimum absolute atomic E-state index is 0.245. The van der Waals surface area contributed by atoms with Crippen molar-refractivity contribution >= 4 is 22.6 Å². The lowest BCUT2D eigenvalue weighted by atomic mass is 9.86. The molecule has 0 spiro atoms. The van der Waals surface area contributed by atoms with E-state index in [4.69, 9.17) is 25.5 Å². The number of piperidine rings is 1. The van der Waals surface area contributed by atoms with Crippen LogP contribution in [0.15, 0.2) is 45.6 Å². The molecule has 4 rings (SSSR count). The van der Waals surface area contributed by atoms with E-state index >= 15 is 0 Å². The number of nitrogens with one attached hydrogen (secondary N) is 1. The van der Waals surface area contributed by atoms with Gasteiger partial charge in [-0.25, -0.2) is 0 Å². The lowest BCUT2D eigenvalue weighted by Gasteiger charge is -2.30. The van der Waals surface area contributed by atoms with Gasteiger partial charge in [0.05, 0.1) is 25.3 Å². The van der Waals surface area contributed by atoms with Crippen LogP contribution < -0.4 is 20.2 Å². The fourth-order valence-corrected chi connectivity index (χ4v) is 4.18. The summed E-state index contributed by atoms with van der Waals surface area (Å²) in [4.78, 5) is 13.1. The topological polar surface area (TPSA) is 80.9 Å². The summed E-state index contributed by atoms with van der Waals surface area (Å²) in [6.07, 6.45) is 0.0439. The Balaban J connectivity index is 2.07. The first-order valence-electron chi connectivity index (χ1n) is 9.41. The number of hydrogen-bond donors (Lipinski definition) is 2. The van der Waals surface area contributed by atoms with E-state index in [1.807, 2.05) is 12.1 Å². The first-order valence-corrected chi connectivity index (χ1v) is 9.79. The molecular formula is C22H22ClNO5. The molecule has 2 atom stereocenters. The van der Waals surface area contributed by atoms with Crippen molar-refractivity contribution in [2.24, 2.45) is 0 Å². The van der Waals surface area contributed by atoms with E-state index in [0.717, 1.165) is 6.54 Å². The van der Waals surface area contributed by atoms with E-state index in [-0.39, 0.29) is 11.3 Å². The Bertz CT molecular complexity index is 1110. The van der Waals surface area contributed by atoms with Gasteiger partial charge in [-0.3, -0.25) is 4.79 Å². The molecule has 0 unspecified atom stereocenters. The molecule has 7 heteroatoms. The predicted octanol–water partition coefficient (Wildman–Crippen LogP) is 3.57. The van der Waals surface area contributed by atoms with Crippen molar-refractivity contribution in [2.45, 2.75) is 18.4 Å². The zero-order chi connectivity index (χ0) is 20.5. The molecule has 6 nitrogen and oxygen atoms in total. The normalized spacial score (nSPS) is 19.3. The highest BCUT2D eigenvalue weighted by atomic mass is 35.5. The van der Waals surface area contributed by atoms with Crippen LogP contribution in [0.2, 0.25) is 5.02 Å². The number of β-amino-alcohol motifs (C(OH)–C–C–N with tert-alkyl or cyclic N) is 1. The monoisotopic (exact) mass is 415 g/mol. The lowest BCUT2D eigenvalue weighted by molar-refractivity contribution is 0.117. The number of fused-ring (bicyclic) bond motifs is 1. The quantitative estimate of drug-likeness (QED) is 0.678. The average Bonchev–Trinajstić information content (AvgIpc) is 2.73. The molecule has 2 aromatic carbocycles. The third-order valence-electron chi connectivity index (χ3n) is 5.37. The van der Waals surface area contributed by atoms with Crippen LogP contribution >= 0.6 is 11.6 Å². The maximum absolute atomic E-state index is 13.1. The molecule has 2 heterocycles. The number of rotatable bonds is 4. The molecule has 0 radical (unpaired) electrons. The van der Waals surface area contributed by atoms with E-state index in [9.17, 15) is 9.90 Å². The second-order valence-corrected chi connectivity index (χ2v) is 7.43. The third kappa shape index (κ3) is 3.48. The van der Waals surface area contributed by atoms with Gasteiger partial charge >= 0.3 is 0 Å². The standard InChI is InChI=1S/C22H22ClNO5/c1-27-18-10-19(28-2)21-15(25)9-17(12-5-3-4-6-14(12)23)29-22(21)20(18)13-7-8-24-11-16(13)26/h3-6,9-10,13,16,24,26H,7-8,11H2,1-2H3/t13-,16-/m1/s1. The van der Waals surface area contributed by atoms with E-state index in [1.165, 1.54) is 13.2 Å². The van der Waals surface area contributed by atoms with Crippen LogP contribution in [0, 0.1) is 0 Å². The van der Waals surface area contributed by atoms with Crippen molar-refractivity contribution in [3.63, 3.8) is 0 Å². The summed E-state index contributed by atoms with van der Waals surface area (Å²) in [5.41, 5.74) is 1.40. The van der Waals surface area contributed by atoms with Gasteiger partial charge < -0.3 is 24.3 Å². The van der Waals surface area contributed by atoms with Crippen LogP contribution in [0.3, 0.4) is 0 Å². The van der Waals surface area contributed by atoms with Crippen LogP contribution in [0.25, 0.3) is 22.3 Å². The zero-order valence-corrected chi connectivity index (χ0v) is 17.0. The van der Waals surface area contributed by atoms with Crippen molar-refractivity contribution in [3.8, 4) is 22.8 Å². The van der Waals surface area contributed by atoms with Crippen molar-refractivity contribution < 1.29 is 19.0 Å². The SMILES string of the molecule is COc1cc(OC)c2c(=O)cc(-c3ccccc3Cl)oc2c1[C@@H]1CCNC[C@H]1O. The molecule has 1 saturated heterocycles. The lowest BCUT2D eigenvalue weighted by Crippen LogP contribution is -2.39. The number of aliphatic hydroxyl groups excluding tert-OH is 1. The van der Waals surface area contributed by atoms with E-state index in [2.05, 4.69) is 5.32 Å². The van der Waals surface area contributed by atoms with Crippen LogP contribution in [0.1, 0.15) is 17.9 Å². The number of hydrogen-bond acceptors (Lipinski definition) is 6. The molecule has 3 aromatic rings. The molecular weight excluding hydrogens is 394 g/mol. The van der Waals surface area contributed by atoms with Gasteiger partial charge in [-0.05, 0) is 25.1 Å². The van der Waals surface area contributed by atoms with E-state index < -0.39 is 6.10 Å². The zero-order valence-electron chi connectivity index (χ0n) is 16.2. The predicted molar refractivity (Wildman–Crippen MR) is 112 cm³/mol. The van der Waals surface area contributed by atoms with E-state index in [0.29, 0.717) is 57.3 Å². The van der Waals surface area contributed by atoms with Gasteiger partial charge in [0.25, 0.3) is 0 Å². The summed E-state index contributed by atoms with van der Waals surface area (Å²) in [6, 6.07) is 10.3. The average molecular weight is 416 g/mol. The third-order valence-corrected chi connectivity index (χ3v) is 5.70. The number of aliphatic hydroxyl groups is 1. The molecule has 1 aromatic heterocycles. The maximum Gasteiger partial charge on any atom is 0.197 e. The molecule has 0 amide bonds. The largest absolute Gasteiger partial charge is 0.496 e. The molecule has 2 N–H and O–H groups in total. The van der Waals surface area contributed by atoms with Gasteiger partial charge in [-0.2, -0.15) is 0 Å². The summed E-state index contributed by atoms with van der Waals surface area (Å²) < 4.78 is 17.3. The highest BCUT2D eigenvalue weighted by molar-refractivity contribution is 6.33. The minimum Gasteiger partial charge on any atom is -0.496 e. The van der Waals surface area contributed by atoms with Crippen LogP contribution in [-0.4, -0.2) is 38.5 Å². The Morgan fingerprint density at radius 1 is 1.17 bits per heavy atom.